The molecule has 29 heavy (non-hydrogen) atoms. The average Bonchev–Trinajstić information content (AvgIpc) is 3.18. The number of phenols is 1. The second kappa shape index (κ2) is 7.63. The number of aromatic hydroxyl groups is 1. The number of nitrogens with zero attached hydrogens (tertiary/aromatic N) is 2. The van der Waals surface area contributed by atoms with E-state index >= 15 is 0 Å². The maximum atomic E-state index is 12.6. The van der Waals surface area contributed by atoms with Crippen molar-refractivity contribution in [1.82, 2.24) is 9.55 Å². The van der Waals surface area contributed by atoms with E-state index in [4.69, 9.17) is 4.42 Å². The van der Waals surface area contributed by atoms with Gasteiger partial charge in [-0.25, -0.2) is 9.78 Å². The fraction of sp³-hybridized carbons (Fsp3) is 0.136. The molecule has 4 rings (SSSR count). The Balaban J connectivity index is 1.53. The van der Waals surface area contributed by atoms with Crippen molar-refractivity contribution in [2.24, 2.45) is 0 Å². The fourth-order valence-corrected chi connectivity index (χ4v) is 3.29. The first-order chi connectivity index (χ1) is 14.0. The number of hydrogen-bond donors (Lipinski definition) is 2. The van der Waals surface area contributed by atoms with Crippen LogP contribution in [0.25, 0.3) is 11.0 Å². The minimum Gasteiger partial charge on any atom is -0.508 e. The van der Waals surface area contributed by atoms with Crippen LogP contribution in [0.3, 0.4) is 0 Å². The van der Waals surface area contributed by atoms with Gasteiger partial charge in [0.1, 0.15) is 11.3 Å². The van der Waals surface area contributed by atoms with Crippen molar-refractivity contribution in [1.29, 1.82) is 0 Å². The van der Waals surface area contributed by atoms with E-state index in [1.54, 1.807) is 31.6 Å². The summed E-state index contributed by atoms with van der Waals surface area (Å²) in [6.07, 6.45) is 5.21. The minimum absolute atomic E-state index is 0.0149. The third-order valence-corrected chi connectivity index (χ3v) is 4.74. The van der Waals surface area contributed by atoms with E-state index < -0.39 is 5.63 Å². The molecule has 2 aromatic heterocycles. The molecular weight excluding hydrogens is 370 g/mol. The number of carbonyl (C=O) groups excluding carboxylic acids is 1. The second-order valence-corrected chi connectivity index (χ2v) is 6.83. The van der Waals surface area contributed by atoms with Crippen LogP contribution in [0, 0.1) is 6.92 Å². The van der Waals surface area contributed by atoms with Crippen molar-refractivity contribution in [3.63, 3.8) is 0 Å². The number of amides is 1. The highest BCUT2D eigenvalue weighted by Crippen LogP contribution is 2.23. The van der Waals surface area contributed by atoms with Crippen LogP contribution in [0.15, 0.2) is 70.4 Å². The van der Waals surface area contributed by atoms with E-state index in [1.807, 2.05) is 29.0 Å². The van der Waals surface area contributed by atoms with Gasteiger partial charge in [0.15, 0.2) is 0 Å². The molecule has 7 heteroatoms. The van der Waals surface area contributed by atoms with Gasteiger partial charge in [-0.3, -0.25) is 4.79 Å². The molecule has 0 radical (unpaired) electrons. The Morgan fingerprint density at radius 2 is 2.10 bits per heavy atom. The first kappa shape index (κ1) is 18.5. The van der Waals surface area contributed by atoms with Crippen molar-refractivity contribution >= 4 is 22.6 Å². The third-order valence-electron chi connectivity index (χ3n) is 4.74. The molecule has 0 spiro atoms. The van der Waals surface area contributed by atoms with Gasteiger partial charge in [-0.15, -0.1) is 0 Å². The Kier molecular flexibility index (Phi) is 4.87. The molecule has 0 saturated heterocycles. The molecule has 2 heterocycles. The largest absolute Gasteiger partial charge is 0.508 e. The molecule has 4 aromatic rings. The predicted octanol–water partition coefficient (Wildman–Crippen LogP) is 3.23. The number of imidazole rings is 1. The number of phenolic OH excluding ortho intramolecular Hbond substituents is 1. The lowest BCUT2D eigenvalue weighted by Crippen LogP contribution is -2.20. The highest BCUT2D eigenvalue weighted by atomic mass is 16.4. The number of aryl methyl sites for hydroxylation is 1. The summed E-state index contributed by atoms with van der Waals surface area (Å²) in [6, 6.07) is 12.1. The fourth-order valence-electron chi connectivity index (χ4n) is 3.29. The summed E-state index contributed by atoms with van der Waals surface area (Å²) in [6.45, 7) is 2.41. The van der Waals surface area contributed by atoms with Crippen LogP contribution in [-0.4, -0.2) is 20.6 Å². The van der Waals surface area contributed by atoms with Gasteiger partial charge >= 0.3 is 5.63 Å². The van der Waals surface area contributed by atoms with Crippen LogP contribution in [0.1, 0.15) is 16.7 Å². The van der Waals surface area contributed by atoms with E-state index in [0.717, 1.165) is 5.56 Å². The first-order valence-electron chi connectivity index (χ1n) is 9.09. The topological polar surface area (TPSA) is 97.4 Å². The standard InChI is InChI=1S/C22H19N3O4/c1-14-18-6-5-17(26)10-20(18)29-22(28)19(14)11-21(27)24-16-4-2-3-15(9-16)12-25-8-7-23-13-25/h2-10,13,26H,11-12H2,1H3,(H,24,27). The Bertz CT molecular complexity index is 1240. The molecule has 2 aromatic carbocycles. The molecule has 0 aliphatic heterocycles. The van der Waals surface area contributed by atoms with E-state index in [2.05, 4.69) is 10.3 Å². The molecule has 1 amide bonds. The van der Waals surface area contributed by atoms with Gasteiger partial charge in [0, 0.05) is 36.1 Å². The molecule has 0 atom stereocenters. The summed E-state index contributed by atoms with van der Waals surface area (Å²) in [5.74, 6) is -0.292. The van der Waals surface area contributed by atoms with Gasteiger partial charge in [-0.1, -0.05) is 12.1 Å². The summed E-state index contributed by atoms with van der Waals surface area (Å²) >= 11 is 0. The Labute approximate surface area is 166 Å². The molecule has 0 aliphatic carbocycles. The van der Waals surface area contributed by atoms with Crippen molar-refractivity contribution < 1.29 is 14.3 Å². The van der Waals surface area contributed by atoms with Gasteiger partial charge < -0.3 is 19.4 Å². The summed E-state index contributed by atoms with van der Waals surface area (Å²) in [5, 5.41) is 13.1. The lowest BCUT2D eigenvalue weighted by Gasteiger charge is -2.10. The zero-order valence-corrected chi connectivity index (χ0v) is 15.8. The smallest absolute Gasteiger partial charge is 0.340 e. The van der Waals surface area contributed by atoms with Gasteiger partial charge in [0.2, 0.25) is 5.91 Å². The summed E-state index contributed by atoms with van der Waals surface area (Å²) in [5.41, 5.74) is 2.35. The first-order valence-corrected chi connectivity index (χ1v) is 9.09. The zero-order valence-electron chi connectivity index (χ0n) is 15.8. The van der Waals surface area contributed by atoms with Crippen molar-refractivity contribution in [2.45, 2.75) is 19.9 Å². The van der Waals surface area contributed by atoms with E-state index in [1.165, 1.54) is 12.1 Å². The van der Waals surface area contributed by atoms with Crippen LogP contribution >= 0.6 is 0 Å². The van der Waals surface area contributed by atoms with Crippen molar-refractivity contribution in [2.75, 3.05) is 5.32 Å². The molecule has 0 unspecified atom stereocenters. The van der Waals surface area contributed by atoms with E-state index in [-0.39, 0.29) is 18.1 Å². The predicted molar refractivity (Wildman–Crippen MR) is 109 cm³/mol. The molecule has 146 valence electrons. The highest BCUT2D eigenvalue weighted by Gasteiger charge is 2.15. The summed E-state index contributed by atoms with van der Waals surface area (Å²) < 4.78 is 7.21. The Hall–Kier alpha value is -3.87. The Morgan fingerprint density at radius 3 is 2.90 bits per heavy atom. The van der Waals surface area contributed by atoms with Gasteiger partial charge in [0.25, 0.3) is 0 Å². The zero-order chi connectivity index (χ0) is 20.4. The molecular formula is C22H19N3O4. The van der Waals surface area contributed by atoms with Crippen molar-refractivity contribution in [3.8, 4) is 5.75 Å². The number of benzene rings is 2. The Morgan fingerprint density at radius 1 is 1.24 bits per heavy atom. The maximum Gasteiger partial charge on any atom is 0.340 e. The van der Waals surface area contributed by atoms with Crippen LogP contribution in [0.5, 0.6) is 5.75 Å². The maximum absolute atomic E-state index is 12.6. The highest BCUT2D eigenvalue weighted by molar-refractivity contribution is 5.93. The molecule has 0 saturated carbocycles. The lowest BCUT2D eigenvalue weighted by molar-refractivity contribution is -0.115. The number of fused-ring (bicyclic) bond motifs is 1. The van der Waals surface area contributed by atoms with E-state index in [0.29, 0.717) is 34.3 Å². The molecule has 0 bridgehead atoms. The van der Waals surface area contributed by atoms with Crippen LogP contribution < -0.4 is 10.9 Å². The molecule has 0 fully saturated rings. The SMILES string of the molecule is Cc1c(CC(=O)Nc2cccc(Cn3ccnc3)c2)c(=O)oc2cc(O)ccc12. The summed E-state index contributed by atoms with van der Waals surface area (Å²) in [7, 11) is 0. The molecule has 2 N–H and O–H groups in total. The number of nitrogens with one attached hydrogen (secondary N) is 1. The normalized spacial score (nSPS) is 10.9. The van der Waals surface area contributed by atoms with Gasteiger partial charge in [-0.2, -0.15) is 0 Å². The quantitative estimate of drug-likeness (QED) is 0.511. The van der Waals surface area contributed by atoms with Gasteiger partial charge in [-0.05, 0) is 42.3 Å². The van der Waals surface area contributed by atoms with Crippen LogP contribution in [0.2, 0.25) is 0 Å². The summed E-state index contributed by atoms with van der Waals surface area (Å²) in [4.78, 5) is 28.9. The number of carbonyl (C=O) groups is 1. The molecule has 7 nitrogen and oxygen atoms in total. The van der Waals surface area contributed by atoms with Crippen LogP contribution in [-0.2, 0) is 17.8 Å². The van der Waals surface area contributed by atoms with Gasteiger partial charge in [0.05, 0.1) is 18.3 Å². The second-order valence-electron chi connectivity index (χ2n) is 6.83. The van der Waals surface area contributed by atoms with Crippen molar-refractivity contribution in [3.05, 3.63) is 88.3 Å². The third kappa shape index (κ3) is 4.03. The number of rotatable bonds is 5. The number of hydrogen-bond acceptors (Lipinski definition) is 5. The monoisotopic (exact) mass is 389 g/mol. The number of aromatic nitrogens is 2. The lowest BCUT2D eigenvalue weighted by atomic mass is 10.0. The van der Waals surface area contributed by atoms with Crippen LogP contribution in [0.4, 0.5) is 5.69 Å². The van der Waals surface area contributed by atoms with E-state index in [9.17, 15) is 14.7 Å². The average molecular weight is 389 g/mol. The molecule has 0 aliphatic rings. The number of anilines is 1. The minimum atomic E-state index is -0.579.